The number of hydrogen-bond acceptors (Lipinski definition) is 2. The Morgan fingerprint density at radius 2 is 2.00 bits per heavy atom. The molecule has 0 heterocycles. The van der Waals surface area contributed by atoms with Gasteiger partial charge in [-0.1, -0.05) is 19.1 Å². The average molecular weight is 328 g/mol. The van der Waals surface area contributed by atoms with E-state index in [1.165, 1.54) is 9.13 Å². The lowest BCUT2D eigenvalue weighted by molar-refractivity contribution is 0.448. The Kier molecular flexibility index (Phi) is 5.78. The third kappa shape index (κ3) is 4.11. The second kappa shape index (κ2) is 6.87. The van der Waals surface area contributed by atoms with Crippen molar-refractivity contribution in [2.24, 2.45) is 0 Å². The van der Waals surface area contributed by atoms with E-state index in [0.29, 0.717) is 18.5 Å². The minimum absolute atomic E-state index is 0.291. The summed E-state index contributed by atoms with van der Waals surface area (Å²) >= 11 is 2.30. The zero-order valence-electron chi connectivity index (χ0n) is 9.70. The number of hydrogen-bond donors (Lipinski definition) is 1. The molecule has 0 fully saturated rings. The summed E-state index contributed by atoms with van der Waals surface area (Å²) in [6.07, 6.45) is 1.56. The number of rotatable bonds is 5. The van der Waals surface area contributed by atoms with Crippen LogP contribution >= 0.6 is 22.6 Å². The fraction of sp³-hybridized carbons (Fsp3) is 0.462. The van der Waals surface area contributed by atoms with Gasteiger partial charge in [-0.2, -0.15) is 5.26 Å². The van der Waals surface area contributed by atoms with Gasteiger partial charge >= 0.3 is 0 Å². The molecule has 1 aromatic rings. The zero-order chi connectivity index (χ0) is 12.0. The summed E-state index contributed by atoms with van der Waals surface area (Å²) in [6.45, 7) is 4.25. The van der Waals surface area contributed by atoms with Crippen LogP contribution in [0.3, 0.4) is 0 Å². The molecule has 0 bridgehead atoms. The number of benzene rings is 1. The molecule has 86 valence electrons. The van der Waals surface area contributed by atoms with Gasteiger partial charge in [0.2, 0.25) is 0 Å². The van der Waals surface area contributed by atoms with Gasteiger partial charge in [0.05, 0.1) is 12.5 Å². The molecule has 0 aromatic heterocycles. The molecule has 0 aliphatic rings. The quantitative estimate of drug-likeness (QED) is 0.838. The van der Waals surface area contributed by atoms with Crippen LogP contribution in [0.25, 0.3) is 0 Å². The van der Waals surface area contributed by atoms with Crippen LogP contribution in [0.4, 0.5) is 0 Å². The molecule has 0 aliphatic heterocycles. The standard InChI is InChI=1S/C13H17IN2/c1-3-13(8-9-15)16-10(2)11-4-6-12(14)7-5-11/h4-7,10,13,16H,3,8H2,1-2H3. The highest BCUT2D eigenvalue weighted by molar-refractivity contribution is 14.1. The van der Waals surface area contributed by atoms with Crippen LogP contribution in [0.2, 0.25) is 0 Å². The van der Waals surface area contributed by atoms with Gasteiger partial charge in [0.15, 0.2) is 0 Å². The van der Waals surface area contributed by atoms with Gasteiger partial charge in [-0.05, 0) is 53.6 Å². The maximum Gasteiger partial charge on any atom is 0.0638 e. The number of halogens is 1. The lowest BCUT2D eigenvalue weighted by Crippen LogP contribution is -2.30. The van der Waals surface area contributed by atoms with Crippen molar-refractivity contribution in [3.05, 3.63) is 33.4 Å². The number of nitriles is 1. The minimum Gasteiger partial charge on any atom is -0.306 e. The lowest BCUT2D eigenvalue weighted by Gasteiger charge is -2.20. The molecule has 0 aliphatic carbocycles. The zero-order valence-corrected chi connectivity index (χ0v) is 11.9. The molecule has 0 saturated heterocycles. The molecule has 0 radical (unpaired) electrons. The fourth-order valence-corrected chi connectivity index (χ4v) is 1.99. The van der Waals surface area contributed by atoms with Crippen molar-refractivity contribution in [1.29, 1.82) is 5.26 Å². The summed E-state index contributed by atoms with van der Waals surface area (Å²) in [7, 11) is 0. The van der Waals surface area contributed by atoms with Gasteiger partial charge < -0.3 is 5.32 Å². The second-order valence-corrected chi connectivity index (χ2v) is 5.15. The first-order valence-electron chi connectivity index (χ1n) is 5.55. The topological polar surface area (TPSA) is 35.8 Å². The maximum atomic E-state index is 8.70. The van der Waals surface area contributed by atoms with Crippen molar-refractivity contribution >= 4 is 22.6 Å². The first-order valence-corrected chi connectivity index (χ1v) is 6.63. The van der Waals surface area contributed by atoms with Gasteiger partial charge in [0, 0.05) is 15.7 Å². The Hall–Kier alpha value is -0.600. The molecule has 1 rings (SSSR count). The van der Waals surface area contributed by atoms with Crippen molar-refractivity contribution in [3.8, 4) is 6.07 Å². The first-order chi connectivity index (χ1) is 7.67. The molecule has 2 atom stereocenters. The smallest absolute Gasteiger partial charge is 0.0638 e. The van der Waals surface area contributed by atoms with Crippen molar-refractivity contribution in [1.82, 2.24) is 5.32 Å². The molecular weight excluding hydrogens is 311 g/mol. The van der Waals surface area contributed by atoms with E-state index in [1.807, 2.05) is 0 Å². The van der Waals surface area contributed by atoms with Crippen LogP contribution in [0.15, 0.2) is 24.3 Å². The monoisotopic (exact) mass is 328 g/mol. The van der Waals surface area contributed by atoms with Crippen LogP contribution in [-0.2, 0) is 0 Å². The molecule has 0 amide bonds. The van der Waals surface area contributed by atoms with Crippen LogP contribution in [-0.4, -0.2) is 6.04 Å². The van der Waals surface area contributed by atoms with Gasteiger partial charge in [-0.15, -0.1) is 0 Å². The van der Waals surface area contributed by atoms with E-state index in [-0.39, 0.29) is 0 Å². The van der Waals surface area contributed by atoms with Crippen LogP contribution in [0.1, 0.15) is 38.3 Å². The van der Waals surface area contributed by atoms with E-state index in [0.717, 1.165) is 6.42 Å². The highest BCUT2D eigenvalue weighted by Gasteiger charge is 2.11. The summed E-state index contributed by atoms with van der Waals surface area (Å²) in [5.74, 6) is 0. The Balaban J connectivity index is 2.60. The predicted molar refractivity (Wildman–Crippen MR) is 75.0 cm³/mol. The second-order valence-electron chi connectivity index (χ2n) is 3.91. The summed E-state index contributed by atoms with van der Waals surface area (Å²) in [5.41, 5.74) is 1.27. The Morgan fingerprint density at radius 3 is 2.50 bits per heavy atom. The third-order valence-electron chi connectivity index (χ3n) is 2.69. The van der Waals surface area contributed by atoms with E-state index in [9.17, 15) is 0 Å². The van der Waals surface area contributed by atoms with E-state index in [1.54, 1.807) is 0 Å². The fourth-order valence-electron chi connectivity index (χ4n) is 1.63. The van der Waals surface area contributed by atoms with Crippen LogP contribution in [0, 0.1) is 14.9 Å². The van der Waals surface area contributed by atoms with Crippen molar-refractivity contribution in [3.63, 3.8) is 0 Å². The number of nitrogens with one attached hydrogen (secondary N) is 1. The van der Waals surface area contributed by atoms with Crippen molar-refractivity contribution in [2.45, 2.75) is 38.8 Å². The summed E-state index contributed by atoms with van der Waals surface area (Å²) < 4.78 is 1.25. The summed E-state index contributed by atoms with van der Waals surface area (Å²) in [5, 5.41) is 12.2. The third-order valence-corrected chi connectivity index (χ3v) is 3.41. The lowest BCUT2D eigenvalue weighted by atomic mass is 10.1. The van der Waals surface area contributed by atoms with Crippen molar-refractivity contribution in [2.75, 3.05) is 0 Å². The summed E-state index contributed by atoms with van der Waals surface area (Å²) in [4.78, 5) is 0. The Labute approximate surface area is 111 Å². The van der Waals surface area contributed by atoms with Crippen LogP contribution < -0.4 is 5.32 Å². The Bertz CT molecular complexity index is 353. The van der Waals surface area contributed by atoms with E-state index in [2.05, 4.69) is 72.1 Å². The summed E-state index contributed by atoms with van der Waals surface area (Å²) in [6, 6.07) is 11.3. The van der Waals surface area contributed by atoms with Crippen molar-refractivity contribution < 1.29 is 0 Å². The normalized spacial score (nSPS) is 14.1. The maximum absolute atomic E-state index is 8.70. The molecular formula is C13H17IN2. The minimum atomic E-state index is 0.291. The molecule has 2 unspecified atom stereocenters. The van der Waals surface area contributed by atoms with Crippen LogP contribution in [0.5, 0.6) is 0 Å². The number of nitrogens with zero attached hydrogens (tertiary/aromatic N) is 1. The van der Waals surface area contributed by atoms with Gasteiger partial charge in [0.25, 0.3) is 0 Å². The molecule has 0 saturated carbocycles. The SMILES string of the molecule is CCC(CC#N)NC(C)c1ccc(I)cc1. The largest absolute Gasteiger partial charge is 0.306 e. The first kappa shape index (κ1) is 13.5. The predicted octanol–water partition coefficient (Wildman–Crippen LogP) is 3.63. The van der Waals surface area contributed by atoms with Gasteiger partial charge in [0.1, 0.15) is 0 Å². The highest BCUT2D eigenvalue weighted by atomic mass is 127. The van der Waals surface area contributed by atoms with E-state index in [4.69, 9.17) is 5.26 Å². The molecule has 1 aromatic carbocycles. The molecule has 16 heavy (non-hydrogen) atoms. The molecule has 1 N–H and O–H groups in total. The Morgan fingerprint density at radius 1 is 1.38 bits per heavy atom. The molecule has 2 nitrogen and oxygen atoms in total. The molecule has 0 spiro atoms. The van der Waals surface area contributed by atoms with Gasteiger partial charge in [-0.25, -0.2) is 0 Å². The highest BCUT2D eigenvalue weighted by Crippen LogP contribution is 2.16. The van der Waals surface area contributed by atoms with E-state index >= 15 is 0 Å². The average Bonchev–Trinajstić information content (AvgIpc) is 2.29. The van der Waals surface area contributed by atoms with Gasteiger partial charge in [-0.3, -0.25) is 0 Å². The van der Waals surface area contributed by atoms with E-state index < -0.39 is 0 Å². The molecule has 3 heteroatoms.